The number of hydrogen-bond acceptors (Lipinski definition) is 10. The van der Waals surface area contributed by atoms with E-state index in [-0.39, 0.29) is 64.7 Å². The number of amides is 7. The number of guanidine groups is 1. The second-order valence-electron chi connectivity index (χ2n) is 14.7. The molecular formula is C34H55N7O9. The van der Waals surface area contributed by atoms with Crippen molar-refractivity contribution in [3.05, 3.63) is 0 Å². The van der Waals surface area contributed by atoms with Gasteiger partial charge in [0.15, 0.2) is 0 Å². The Morgan fingerprint density at radius 1 is 0.800 bits per heavy atom. The van der Waals surface area contributed by atoms with Crippen molar-refractivity contribution in [3.63, 3.8) is 0 Å². The smallest absolute Gasteiger partial charge is 0.413 e. The van der Waals surface area contributed by atoms with E-state index < -0.39 is 53.7 Å². The number of urea groups is 1. The number of alkyl carbamates (subject to hydrolysis) is 2. The molecule has 2 aliphatic carbocycles. The molecule has 2 saturated heterocycles. The Labute approximate surface area is 294 Å². The topological polar surface area (TPSA) is 202 Å². The highest BCUT2D eigenvalue weighted by molar-refractivity contribution is 6.08. The van der Waals surface area contributed by atoms with Gasteiger partial charge in [0.05, 0.1) is 19.1 Å². The quantitative estimate of drug-likeness (QED) is 0.105. The van der Waals surface area contributed by atoms with Gasteiger partial charge in [-0.3, -0.25) is 30.1 Å². The van der Waals surface area contributed by atoms with Crippen molar-refractivity contribution in [1.82, 2.24) is 25.3 Å². The second kappa shape index (κ2) is 18.2. The third-order valence-corrected chi connectivity index (χ3v) is 9.65. The summed E-state index contributed by atoms with van der Waals surface area (Å²) in [6, 6.07) is -1.76. The van der Waals surface area contributed by atoms with E-state index in [2.05, 4.69) is 15.6 Å². The second-order valence-corrected chi connectivity index (χ2v) is 14.7. The monoisotopic (exact) mass is 705 g/mol. The maximum atomic E-state index is 13.3. The average Bonchev–Trinajstić information content (AvgIpc) is 3.08. The predicted octanol–water partition coefficient (Wildman–Crippen LogP) is 3.72. The first-order valence-corrected chi connectivity index (χ1v) is 18.1. The Morgan fingerprint density at radius 2 is 1.30 bits per heavy atom. The number of ether oxygens (including phenoxy) is 3. The molecule has 4 aliphatic rings. The Hall–Kier alpha value is -4.11. The van der Waals surface area contributed by atoms with Crippen molar-refractivity contribution >= 4 is 42.1 Å². The minimum absolute atomic E-state index is 0.0803. The molecule has 4 rings (SSSR count). The van der Waals surface area contributed by atoms with Gasteiger partial charge in [-0.25, -0.2) is 19.2 Å². The summed E-state index contributed by atoms with van der Waals surface area (Å²) in [6.45, 7) is 6.71. The molecule has 0 aromatic rings. The van der Waals surface area contributed by atoms with Crippen LogP contribution in [0.15, 0.2) is 4.99 Å². The molecule has 16 nitrogen and oxygen atoms in total. The largest absolute Gasteiger partial charge is 0.449 e. The van der Waals surface area contributed by atoms with Crippen LogP contribution in [0, 0.1) is 17.8 Å². The van der Waals surface area contributed by atoms with Crippen LogP contribution in [0.25, 0.3) is 0 Å². The molecule has 0 radical (unpaired) electrons. The number of imide groups is 1. The summed E-state index contributed by atoms with van der Waals surface area (Å²) in [5.74, 6) is -1.68. The number of nitrogens with one attached hydrogen (secondary N) is 2. The van der Waals surface area contributed by atoms with E-state index in [0.29, 0.717) is 11.8 Å². The fraction of sp³-hybridized carbons (Fsp3) is 0.794. The molecule has 4 N–H and O–H groups in total. The van der Waals surface area contributed by atoms with Crippen molar-refractivity contribution < 1.29 is 43.0 Å². The zero-order valence-corrected chi connectivity index (χ0v) is 29.8. The summed E-state index contributed by atoms with van der Waals surface area (Å²) in [5.41, 5.74) is 4.98. The highest BCUT2D eigenvalue weighted by Crippen LogP contribution is 2.32. The molecule has 2 saturated carbocycles. The van der Waals surface area contributed by atoms with E-state index in [1.807, 2.05) is 0 Å². The van der Waals surface area contributed by atoms with Crippen LogP contribution < -0.4 is 16.4 Å². The summed E-state index contributed by atoms with van der Waals surface area (Å²) in [5, 5.41) is 5.00. The number of primary amides is 1. The lowest BCUT2D eigenvalue weighted by Crippen LogP contribution is -2.70. The molecule has 2 atom stereocenters. The molecule has 0 bridgehead atoms. The van der Waals surface area contributed by atoms with Gasteiger partial charge in [0.25, 0.3) is 0 Å². The number of piperazine rings is 1. The Balaban J connectivity index is 1.28. The number of carbonyl (C=O) groups excluding carboxylic acids is 6. The van der Waals surface area contributed by atoms with Gasteiger partial charge in [0, 0.05) is 32.7 Å². The summed E-state index contributed by atoms with van der Waals surface area (Å²) in [6.07, 6.45) is 9.30. The van der Waals surface area contributed by atoms with Crippen LogP contribution in [0.3, 0.4) is 0 Å². The van der Waals surface area contributed by atoms with Crippen molar-refractivity contribution in [2.75, 3.05) is 45.9 Å². The van der Waals surface area contributed by atoms with Gasteiger partial charge >= 0.3 is 24.3 Å². The maximum absolute atomic E-state index is 13.3. The van der Waals surface area contributed by atoms with Gasteiger partial charge < -0.3 is 29.7 Å². The van der Waals surface area contributed by atoms with Crippen LogP contribution >= 0.6 is 0 Å². The fourth-order valence-corrected chi connectivity index (χ4v) is 6.90. The third kappa shape index (κ3) is 11.5. The van der Waals surface area contributed by atoms with E-state index in [0.717, 1.165) is 56.3 Å². The first-order valence-electron chi connectivity index (χ1n) is 18.1. The lowest BCUT2D eigenvalue weighted by Gasteiger charge is -2.46. The van der Waals surface area contributed by atoms with E-state index >= 15 is 0 Å². The number of aliphatic imine (C=N–C) groups is 1. The molecule has 50 heavy (non-hydrogen) atoms. The predicted molar refractivity (Wildman–Crippen MR) is 182 cm³/mol. The van der Waals surface area contributed by atoms with Crippen LogP contribution in [0.5, 0.6) is 0 Å². The minimum atomic E-state index is -1.12. The summed E-state index contributed by atoms with van der Waals surface area (Å²) >= 11 is 0. The number of carbonyl (C=O) groups is 6. The molecular weight excluding hydrogens is 650 g/mol. The number of nitrogens with two attached hydrogens (primary N) is 1. The third-order valence-electron chi connectivity index (χ3n) is 9.65. The lowest BCUT2D eigenvalue weighted by atomic mass is 9.83. The average molecular weight is 706 g/mol. The zero-order valence-electron chi connectivity index (χ0n) is 29.8. The first-order chi connectivity index (χ1) is 23.8. The molecule has 2 aliphatic heterocycles. The van der Waals surface area contributed by atoms with Crippen LogP contribution in [-0.2, 0) is 23.8 Å². The molecule has 0 aromatic heterocycles. The number of rotatable bonds is 9. The van der Waals surface area contributed by atoms with Crippen LogP contribution in [0.4, 0.5) is 19.2 Å². The normalized spacial score (nSPS) is 21.8. The number of likely N-dealkylation sites (tertiary alicyclic amines) is 1. The molecule has 280 valence electrons. The maximum Gasteiger partial charge on any atom is 0.413 e. The molecule has 4 fully saturated rings. The SMILES string of the molecule is CC(C)(C)OC(=O)N1CCN(C(=O)N2C(=O)[C@H](CCCN=C(NC(=O)OCC3CCCCC3)NC(=O)OCC3CCCCC3)C2C(N)=O)CC1. The Morgan fingerprint density at radius 3 is 1.78 bits per heavy atom. The number of β-lactam (4-membered cyclic amide) rings is 1. The standard InChI is InChI=1S/C34H55N7O9/c1-34(2,3)50-33(47)40-19-17-39(18-20-40)32(46)41-26(27(35)42)25(28(41)43)15-10-16-36-29(37-30(44)48-21-23-11-6-4-7-12-23)38-31(45)49-22-24-13-8-5-9-14-24/h23-26H,4-22H2,1-3H3,(H2,35,42)(H2,36,37,38,44,45)/t25-,26?/m1/s1. The van der Waals surface area contributed by atoms with Crippen molar-refractivity contribution in [2.45, 2.75) is 109 Å². The van der Waals surface area contributed by atoms with Gasteiger partial charge in [0.2, 0.25) is 17.8 Å². The summed E-state index contributed by atoms with van der Waals surface area (Å²) < 4.78 is 16.2. The van der Waals surface area contributed by atoms with Crippen LogP contribution in [0.2, 0.25) is 0 Å². The van der Waals surface area contributed by atoms with Crippen LogP contribution in [-0.4, -0.2) is 114 Å². The van der Waals surface area contributed by atoms with Crippen LogP contribution in [0.1, 0.15) is 97.8 Å². The highest BCUT2D eigenvalue weighted by Gasteiger charge is 2.54. The molecule has 2 heterocycles. The van der Waals surface area contributed by atoms with E-state index in [1.54, 1.807) is 20.8 Å². The van der Waals surface area contributed by atoms with E-state index in [4.69, 9.17) is 19.9 Å². The van der Waals surface area contributed by atoms with Crippen molar-refractivity contribution in [1.29, 1.82) is 0 Å². The number of hydrogen-bond donors (Lipinski definition) is 3. The van der Waals surface area contributed by atoms with E-state index in [9.17, 15) is 28.8 Å². The molecule has 0 spiro atoms. The fourth-order valence-electron chi connectivity index (χ4n) is 6.90. The Bertz CT molecular complexity index is 1210. The number of nitrogens with zero attached hydrogens (tertiary/aromatic N) is 4. The summed E-state index contributed by atoms with van der Waals surface area (Å²) in [4.78, 5) is 84.5. The molecule has 0 aromatic carbocycles. The van der Waals surface area contributed by atoms with Gasteiger partial charge in [-0.05, 0) is 71.1 Å². The van der Waals surface area contributed by atoms with Gasteiger partial charge in [-0.15, -0.1) is 0 Å². The van der Waals surface area contributed by atoms with E-state index in [1.165, 1.54) is 22.6 Å². The highest BCUT2D eigenvalue weighted by atomic mass is 16.6. The van der Waals surface area contributed by atoms with Gasteiger partial charge in [0.1, 0.15) is 11.6 Å². The molecule has 7 amide bonds. The molecule has 1 unspecified atom stereocenters. The summed E-state index contributed by atoms with van der Waals surface area (Å²) in [7, 11) is 0. The first kappa shape index (κ1) is 38.7. The Kier molecular flexibility index (Phi) is 14.1. The van der Waals surface area contributed by atoms with Gasteiger partial charge in [-0.1, -0.05) is 38.5 Å². The lowest BCUT2D eigenvalue weighted by molar-refractivity contribution is -0.157. The van der Waals surface area contributed by atoms with Gasteiger partial charge in [-0.2, -0.15) is 0 Å². The molecule has 16 heteroatoms. The van der Waals surface area contributed by atoms with Crippen molar-refractivity contribution in [3.8, 4) is 0 Å². The van der Waals surface area contributed by atoms with Crippen molar-refractivity contribution in [2.24, 2.45) is 28.5 Å². The minimum Gasteiger partial charge on any atom is -0.449 e. The zero-order chi connectivity index (χ0) is 36.3.